The molecular weight excluding hydrogens is 380 g/mol. The average Bonchev–Trinajstić information content (AvgIpc) is 2.73. The van der Waals surface area contributed by atoms with Crippen LogP contribution < -0.4 is 9.64 Å². The van der Waals surface area contributed by atoms with E-state index in [1.807, 2.05) is 65.0 Å². The Morgan fingerprint density at radius 2 is 1.63 bits per heavy atom. The van der Waals surface area contributed by atoms with Crippen molar-refractivity contribution in [3.05, 3.63) is 65.7 Å². The van der Waals surface area contributed by atoms with Crippen LogP contribution in [0, 0.1) is 0 Å². The Kier molecular flexibility index (Phi) is 5.34. The summed E-state index contributed by atoms with van der Waals surface area (Å²) in [5, 5.41) is 2.79. The Bertz CT molecular complexity index is 970. The molecule has 1 heterocycles. The van der Waals surface area contributed by atoms with Crippen molar-refractivity contribution in [1.29, 1.82) is 0 Å². The van der Waals surface area contributed by atoms with Crippen LogP contribution in [0.3, 0.4) is 0 Å². The predicted octanol–water partition coefficient (Wildman–Crippen LogP) is 4.35. The molecule has 0 amide bonds. The van der Waals surface area contributed by atoms with Crippen molar-refractivity contribution in [3.8, 4) is 5.75 Å². The number of methoxy groups -OCH3 is 1. The number of anilines is 1. The molecule has 1 atom stereocenters. The van der Waals surface area contributed by atoms with Gasteiger partial charge in [-0.05, 0) is 35.7 Å². The van der Waals surface area contributed by atoms with Crippen LogP contribution in [0.4, 0.5) is 5.69 Å². The summed E-state index contributed by atoms with van der Waals surface area (Å²) in [5.74, 6) is 0.673. The molecule has 140 valence electrons. The zero-order chi connectivity index (χ0) is 18.8. The van der Waals surface area contributed by atoms with Gasteiger partial charge in [-0.2, -0.15) is 0 Å². The number of piperazine rings is 1. The van der Waals surface area contributed by atoms with Crippen LogP contribution in [-0.2, 0) is 11.0 Å². The van der Waals surface area contributed by atoms with E-state index in [4.69, 9.17) is 16.3 Å². The van der Waals surface area contributed by atoms with Crippen LogP contribution in [0.15, 0.2) is 65.6 Å². The van der Waals surface area contributed by atoms with Crippen molar-refractivity contribution in [1.82, 2.24) is 4.31 Å². The Labute approximate surface area is 166 Å². The highest BCUT2D eigenvalue weighted by Crippen LogP contribution is 2.32. The fourth-order valence-electron chi connectivity index (χ4n) is 3.46. The van der Waals surface area contributed by atoms with Crippen LogP contribution in [0.2, 0.25) is 5.02 Å². The van der Waals surface area contributed by atoms with Gasteiger partial charge in [-0.3, -0.25) is 0 Å². The zero-order valence-electron chi connectivity index (χ0n) is 15.1. The van der Waals surface area contributed by atoms with Crippen LogP contribution in [0.25, 0.3) is 10.8 Å². The van der Waals surface area contributed by atoms with Gasteiger partial charge in [0.05, 0.1) is 7.11 Å². The van der Waals surface area contributed by atoms with Crippen molar-refractivity contribution in [2.45, 2.75) is 4.90 Å². The van der Waals surface area contributed by atoms with Gasteiger partial charge in [0.15, 0.2) is 0 Å². The molecule has 0 aromatic heterocycles. The molecule has 1 aliphatic heterocycles. The van der Waals surface area contributed by atoms with E-state index in [0.717, 1.165) is 52.6 Å². The number of benzene rings is 3. The number of ether oxygens (including phenoxy) is 1. The smallest absolute Gasteiger partial charge is 0.137 e. The van der Waals surface area contributed by atoms with Gasteiger partial charge in [-0.15, -0.1) is 0 Å². The molecule has 1 aliphatic rings. The van der Waals surface area contributed by atoms with E-state index < -0.39 is 11.0 Å². The minimum Gasteiger partial charge on any atom is -0.495 e. The Balaban J connectivity index is 1.56. The normalized spacial score (nSPS) is 16.4. The fraction of sp³-hybridized carbons (Fsp3) is 0.238. The molecule has 0 radical (unpaired) electrons. The van der Waals surface area contributed by atoms with Gasteiger partial charge in [0.1, 0.15) is 21.6 Å². The van der Waals surface area contributed by atoms with Gasteiger partial charge in [-0.1, -0.05) is 41.9 Å². The van der Waals surface area contributed by atoms with E-state index in [-0.39, 0.29) is 0 Å². The quantitative estimate of drug-likeness (QED) is 0.652. The molecular formula is C21H21ClN2O2S. The SMILES string of the molecule is COc1ccc2ccccc2c1S(=O)N1CCN(c2ccc(Cl)cc2)CC1. The minimum atomic E-state index is -1.27. The van der Waals surface area contributed by atoms with Gasteiger partial charge in [0, 0.05) is 42.3 Å². The highest BCUT2D eigenvalue weighted by atomic mass is 35.5. The third-order valence-electron chi connectivity index (χ3n) is 4.90. The lowest BCUT2D eigenvalue weighted by molar-refractivity contribution is 0.393. The van der Waals surface area contributed by atoms with Gasteiger partial charge >= 0.3 is 0 Å². The van der Waals surface area contributed by atoms with Crippen LogP contribution in [0.5, 0.6) is 5.75 Å². The number of rotatable bonds is 4. The molecule has 4 nitrogen and oxygen atoms in total. The Morgan fingerprint density at radius 1 is 0.926 bits per heavy atom. The first-order valence-electron chi connectivity index (χ1n) is 8.90. The number of hydrogen-bond donors (Lipinski definition) is 0. The third kappa shape index (κ3) is 3.68. The van der Waals surface area contributed by atoms with Gasteiger partial charge in [0.2, 0.25) is 0 Å². The standard InChI is InChI=1S/C21H21ClN2O2S/c1-26-20-11-6-16-4-2-3-5-19(16)21(20)27(25)24-14-12-23(13-15-24)18-9-7-17(22)8-10-18/h2-11H,12-15H2,1H3. The molecule has 3 aromatic carbocycles. The van der Waals surface area contributed by atoms with Gasteiger partial charge in [0.25, 0.3) is 0 Å². The lowest BCUT2D eigenvalue weighted by Gasteiger charge is -2.35. The van der Waals surface area contributed by atoms with Gasteiger partial charge in [-0.25, -0.2) is 8.51 Å². The number of nitrogens with zero attached hydrogens (tertiary/aromatic N) is 2. The number of halogens is 1. The number of fused-ring (bicyclic) bond motifs is 1. The summed E-state index contributed by atoms with van der Waals surface area (Å²) in [6, 6.07) is 19.8. The van der Waals surface area contributed by atoms with E-state index in [1.54, 1.807) is 7.11 Å². The lowest BCUT2D eigenvalue weighted by atomic mass is 10.1. The average molecular weight is 401 g/mol. The zero-order valence-corrected chi connectivity index (χ0v) is 16.7. The first-order valence-corrected chi connectivity index (χ1v) is 10.4. The third-order valence-corrected chi connectivity index (χ3v) is 6.76. The fourth-order valence-corrected chi connectivity index (χ4v) is 5.03. The second kappa shape index (κ2) is 7.89. The summed E-state index contributed by atoms with van der Waals surface area (Å²) < 4.78 is 21.0. The van der Waals surface area contributed by atoms with Crippen molar-refractivity contribution < 1.29 is 8.95 Å². The van der Waals surface area contributed by atoms with Crippen molar-refractivity contribution >= 4 is 39.0 Å². The topological polar surface area (TPSA) is 32.8 Å². The summed E-state index contributed by atoms with van der Waals surface area (Å²) in [7, 11) is 0.358. The minimum absolute atomic E-state index is 0.673. The monoisotopic (exact) mass is 400 g/mol. The maximum Gasteiger partial charge on any atom is 0.137 e. The Hall–Kier alpha value is -2.08. The largest absolute Gasteiger partial charge is 0.495 e. The van der Waals surface area contributed by atoms with E-state index in [0.29, 0.717) is 5.75 Å². The maximum absolute atomic E-state index is 13.4. The van der Waals surface area contributed by atoms with Crippen LogP contribution in [-0.4, -0.2) is 41.8 Å². The molecule has 4 rings (SSSR count). The lowest BCUT2D eigenvalue weighted by Crippen LogP contribution is -2.47. The molecule has 0 bridgehead atoms. The summed E-state index contributed by atoms with van der Waals surface area (Å²) in [6.45, 7) is 3.09. The maximum atomic E-state index is 13.4. The van der Waals surface area contributed by atoms with E-state index in [9.17, 15) is 4.21 Å². The van der Waals surface area contributed by atoms with Gasteiger partial charge < -0.3 is 9.64 Å². The first kappa shape index (κ1) is 18.3. The molecule has 1 saturated heterocycles. The van der Waals surface area contributed by atoms with Crippen LogP contribution >= 0.6 is 11.6 Å². The molecule has 0 aliphatic carbocycles. The molecule has 3 aromatic rings. The van der Waals surface area contributed by atoms with E-state index in [1.165, 1.54) is 0 Å². The summed E-state index contributed by atoms with van der Waals surface area (Å²) >= 11 is 5.98. The van der Waals surface area contributed by atoms with Crippen molar-refractivity contribution in [3.63, 3.8) is 0 Å². The predicted molar refractivity (Wildman–Crippen MR) is 112 cm³/mol. The molecule has 1 unspecified atom stereocenters. The molecule has 27 heavy (non-hydrogen) atoms. The molecule has 6 heteroatoms. The van der Waals surface area contributed by atoms with E-state index >= 15 is 0 Å². The Morgan fingerprint density at radius 3 is 2.33 bits per heavy atom. The molecule has 1 fully saturated rings. The van der Waals surface area contributed by atoms with Crippen molar-refractivity contribution in [2.24, 2.45) is 0 Å². The summed E-state index contributed by atoms with van der Waals surface area (Å²) in [6.07, 6.45) is 0. The highest BCUT2D eigenvalue weighted by molar-refractivity contribution is 7.83. The molecule has 0 spiro atoms. The molecule has 0 saturated carbocycles. The second-order valence-electron chi connectivity index (χ2n) is 6.46. The highest BCUT2D eigenvalue weighted by Gasteiger charge is 2.25. The van der Waals surface area contributed by atoms with E-state index in [2.05, 4.69) is 4.90 Å². The second-order valence-corrected chi connectivity index (χ2v) is 8.32. The number of hydrogen-bond acceptors (Lipinski definition) is 3. The summed E-state index contributed by atoms with van der Waals surface area (Å²) in [4.78, 5) is 3.06. The first-order chi connectivity index (χ1) is 13.2. The molecule has 0 N–H and O–H groups in total. The van der Waals surface area contributed by atoms with Crippen LogP contribution in [0.1, 0.15) is 0 Å². The van der Waals surface area contributed by atoms with Crippen molar-refractivity contribution in [2.75, 3.05) is 38.2 Å². The summed E-state index contributed by atoms with van der Waals surface area (Å²) in [5.41, 5.74) is 1.15.